The van der Waals surface area contributed by atoms with Gasteiger partial charge in [-0.15, -0.1) is 11.3 Å². The lowest BCUT2D eigenvalue weighted by Gasteiger charge is -2.35. The van der Waals surface area contributed by atoms with Gasteiger partial charge in [0.25, 0.3) is 0 Å². The second-order valence-corrected chi connectivity index (χ2v) is 5.66. The maximum atomic E-state index is 11.6. The van der Waals surface area contributed by atoms with Gasteiger partial charge < -0.3 is 14.2 Å². The first-order chi connectivity index (χ1) is 9.13. The van der Waals surface area contributed by atoms with Crippen molar-refractivity contribution >= 4 is 17.3 Å². The summed E-state index contributed by atoms with van der Waals surface area (Å²) in [5, 5.41) is 0.857. The number of rotatable bonds is 4. The van der Waals surface area contributed by atoms with Gasteiger partial charge in [0.1, 0.15) is 10.6 Å². The van der Waals surface area contributed by atoms with Crippen LogP contribution in [0.15, 0.2) is 0 Å². The van der Waals surface area contributed by atoms with E-state index in [0.717, 1.165) is 22.7 Å². The fourth-order valence-electron chi connectivity index (χ4n) is 2.27. The number of carbonyl (C=O) groups is 1. The van der Waals surface area contributed by atoms with Crippen LogP contribution in [0.25, 0.3) is 0 Å². The summed E-state index contributed by atoms with van der Waals surface area (Å²) in [5.74, 6) is -0.390. The lowest BCUT2D eigenvalue weighted by Crippen LogP contribution is -2.36. The topological polar surface area (TPSA) is 57.7 Å². The molecule has 0 aliphatic carbocycles. The van der Waals surface area contributed by atoms with Crippen LogP contribution >= 0.6 is 11.3 Å². The molecule has 1 aromatic rings. The van der Waals surface area contributed by atoms with Crippen LogP contribution in [0.5, 0.6) is 0 Å². The predicted molar refractivity (Wildman–Crippen MR) is 71.5 cm³/mol. The molecule has 2 heterocycles. The van der Waals surface area contributed by atoms with E-state index in [-0.39, 0.29) is 0 Å². The van der Waals surface area contributed by atoms with Crippen LogP contribution in [-0.4, -0.2) is 37.9 Å². The molecule has 0 aromatic carbocycles. The van der Waals surface area contributed by atoms with Gasteiger partial charge in [0.15, 0.2) is 5.69 Å². The molecule has 0 saturated carbocycles. The van der Waals surface area contributed by atoms with E-state index in [1.807, 2.05) is 13.8 Å². The zero-order chi connectivity index (χ0) is 13.9. The van der Waals surface area contributed by atoms with Crippen LogP contribution in [0.3, 0.4) is 0 Å². The van der Waals surface area contributed by atoms with Gasteiger partial charge in [-0.25, -0.2) is 9.78 Å². The van der Waals surface area contributed by atoms with E-state index in [9.17, 15) is 4.79 Å². The van der Waals surface area contributed by atoms with Gasteiger partial charge in [-0.1, -0.05) is 0 Å². The highest BCUT2D eigenvalue weighted by molar-refractivity contribution is 7.12. The van der Waals surface area contributed by atoms with E-state index in [1.165, 1.54) is 18.4 Å². The van der Waals surface area contributed by atoms with Crippen molar-refractivity contribution in [3.8, 4) is 0 Å². The Kier molecular flexibility index (Phi) is 4.54. The molecule has 2 rings (SSSR count). The fourth-order valence-corrected chi connectivity index (χ4v) is 3.38. The van der Waals surface area contributed by atoms with E-state index in [1.54, 1.807) is 0 Å². The van der Waals surface area contributed by atoms with Crippen LogP contribution in [-0.2, 0) is 19.8 Å². The van der Waals surface area contributed by atoms with E-state index in [4.69, 9.17) is 14.2 Å². The minimum absolute atomic E-state index is 0.390. The Morgan fingerprint density at radius 2 is 2.16 bits per heavy atom. The SMILES string of the molecule is CCOC1(c2nc(C(=O)OC)c(C)s2)CCOCC1. The Morgan fingerprint density at radius 3 is 2.74 bits per heavy atom. The number of ether oxygens (including phenoxy) is 3. The summed E-state index contributed by atoms with van der Waals surface area (Å²) in [6.45, 7) is 5.79. The molecule has 19 heavy (non-hydrogen) atoms. The molecule has 1 aromatic heterocycles. The average Bonchev–Trinajstić information content (AvgIpc) is 2.82. The van der Waals surface area contributed by atoms with Crippen LogP contribution < -0.4 is 0 Å². The molecule has 5 nitrogen and oxygen atoms in total. The quantitative estimate of drug-likeness (QED) is 0.794. The number of methoxy groups -OCH3 is 1. The number of aryl methyl sites for hydroxylation is 1. The summed E-state index contributed by atoms with van der Waals surface area (Å²) in [5.41, 5.74) is -0.0117. The van der Waals surface area contributed by atoms with Gasteiger partial charge in [0.2, 0.25) is 0 Å². The molecule has 1 aliphatic heterocycles. The fraction of sp³-hybridized carbons (Fsp3) is 0.692. The monoisotopic (exact) mass is 285 g/mol. The second kappa shape index (κ2) is 5.98. The van der Waals surface area contributed by atoms with Gasteiger partial charge in [0.05, 0.1) is 7.11 Å². The zero-order valence-electron chi connectivity index (χ0n) is 11.5. The highest BCUT2D eigenvalue weighted by atomic mass is 32.1. The number of thiazole rings is 1. The maximum Gasteiger partial charge on any atom is 0.357 e. The lowest BCUT2D eigenvalue weighted by atomic mass is 9.95. The summed E-state index contributed by atoms with van der Waals surface area (Å²) in [4.78, 5) is 17.0. The van der Waals surface area contributed by atoms with Crippen molar-refractivity contribution in [1.82, 2.24) is 4.98 Å². The van der Waals surface area contributed by atoms with Crippen LogP contribution in [0.2, 0.25) is 0 Å². The van der Waals surface area contributed by atoms with E-state index in [0.29, 0.717) is 25.5 Å². The molecule has 1 aliphatic rings. The smallest absolute Gasteiger partial charge is 0.357 e. The van der Waals surface area contributed by atoms with Crippen molar-refractivity contribution in [1.29, 1.82) is 0 Å². The van der Waals surface area contributed by atoms with Gasteiger partial charge in [-0.2, -0.15) is 0 Å². The summed E-state index contributed by atoms with van der Waals surface area (Å²) in [6.07, 6.45) is 1.54. The summed E-state index contributed by atoms with van der Waals surface area (Å²) < 4.78 is 16.1. The molecule has 0 atom stereocenters. The summed E-state index contributed by atoms with van der Waals surface area (Å²) in [6, 6.07) is 0. The lowest BCUT2D eigenvalue weighted by molar-refractivity contribution is -0.112. The molecular formula is C13H19NO4S. The number of hydrogen-bond acceptors (Lipinski definition) is 6. The highest BCUT2D eigenvalue weighted by Crippen LogP contribution is 2.39. The van der Waals surface area contributed by atoms with Crippen LogP contribution in [0, 0.1) is 6.92 Å². The molecule has 0 radical (unpaired) electrons. The molecule has 0 amide bonds. The van der Waals surface area contributed by atoms with E-state index < -0.39 is 11.6 Å². The molecule has 0 unspecified atom stereocenters. The number of nitrogens with zero attached hydrogens (tertiary/aromatic N) is 1. The van der Waals surface area contributed by atoms with Crippen molar-refractivity contribution < 1.29 is 19.0 Å². The van der Waals surface area contributed by atoms with Crippen molar-refractivity contribution in [3.63, 3.8) is 0 Å². The molecule has 0 bridgehead atoms. The first-order valence-corrected chi connectivity index (χ1v) is 7.22. The van der Waals surface area contributed by atoms with Crippen molar-refractivity contribution in [2.24, 2.45) is 0 Å². The van der Waals surface area contributed by atoms with Crippen molar-refractivity contribution in [3.05, 3.63) is 15.6 Å². The Labute approximate surface area is 116 Å². The van der Waals surface area contributed by atoms with Gasteiger partial charge in [-0.05, 0) is 13.8 Å². The summed E-state index contributed by atoms with van der Waals surface area (Å²) >= 11 is 1.51. The van der Waals surface area contributed by atoms with Gasteiger partial charge in [-0.3, -0.25) is 0 Å². The summed E-state index contributed by atoms with van der Waals surface area (Å²) in [7, 11) is 1.37. The first kappa shape index (κ1) is 14.4. The third kappa shape index (κ3) is 2.80. The predicted octanol–water partition coefficient (Wildman–Crippen LogP) is 2.28. The largest absolute Gasteiger partial charge is 0.464 e. The molecule has 0 N–H and O–H groups in total. The molecule has 6 heteroatoms. The van der Waals surface area contributed by atoms with E-state index in [2.05, 4.69) is 4.98 Å². The third-order valence-corrected chi connectivity index (χ3v) is 4.44. The van der Waals surface area contributed by atoms with Crippen LogP contribution in [0.4, 0.5) is 0 Å². The first-order valence-electron chi connectivity index (χ1n) is 6.41. The van der Waals surface area contributed by atoms with E-state index >= 15 is 0 Å². The van der Waals surface area contributed by atoms with Gasteiger partial charge >= 0.3 is 5.97 Å². The molecule has 1 fully saturated rings. The molecule has 0 spiro atoms. The Hall–Kier alpha value is -0.980. The number of carbonyl (C=O) groups excluding carboxylic acids is 1. The number of hydrogen-bond donors (Lipinski definition) is 0. The number of esters is 1. The van der Waals surface area contributed by atoms with Crippen molar-refractivity contribution in [2.45, 2.75) is 32.3 Å². The minimum Gasteiger partial charge on any atom is -0.464 e. The molecule has 106 valence electrons. The highest BCUT2D eigenvalue weighted by Gasteiger charge is 2.39. The van der Waals surface area contributed by atoms with Crippen molar-refractivity contribution in [2.75, 3.05) is 26.9 Å². The maximum absolute atomic E-state index is 11.6. The Morgan fingerprint density at radius 1 is 1.47 bits per heavy atom. The second-order valence-electron chi connectivity index (χ2n) is 4.46. The zero-order valence-corrected chi connectivity index (χ0v) is 12.3. The Bertz CT molecular complexity index is 446. The Balaban J connectivity index is 2.34. The number of aromatic nitrogens is 1. The third-order valence-electron chi connectivity index (χ3n) is 3.29. The average molecular weight is 285 g/mol. The molecular weight excluding hydrogens is 266 g/mol. The van der Waals surface area contributed by atoms with Gasteiger partial charge in [0, 0.05) is 37.5 Å². The standard InChI is InChI=1S/C13H19NO4S/c1-4-18-13(5-7-17-8-6-13)12-14-10(9(2)19-12)11(15)16-3/h4-8H2,1-3H3. The van der Waals surface area contributed by atoms with Crippen LogP contribution in [0.1, 0.15) is 40.1 Å². The minimum atomic E-state index is -0.408. The molecule has 1 saturated heterocycles. The normalized spacial score (nSPS) is 18.3.